The molecular weight excluding hydrogens is 265 g/mol. The van der Waals surface area contributed by atoms with Crippen LogP contribution < -0.4 is 10.2 Å². The summed E-state index contributed by atoms with van der Waals surface area (Å²) in [6, 6.07) is 9.13. The minimum absolute atomic E-state index is 0.204. The van der Waals surface area contributed by atoms with E-state index in [4.69, 9.17) is 0 Å². The summed E-state index contributed by atoms with van der Waals surface area (Å²) in [6.45, 7) is 3.89. The highest BCUT2D eigenvalue weighted by atomic mass is 19.1. The summed E-state index contributed by atoms with van der Waals surface area (Å²) in [5, 5.41) is 12.7. The molecule has 114 valence electrons. The monoisotopic (exact) mass is 289 g/mol. The van der Waals surface area contributed by atoms with Gasteiger partial charge in [0.15, 0.2) is 0 Å². The van der Waals surface area contributed by atoms with Crippen molar-refractivity contribution in [2.24, 2.45) is 5.92 Å². The van der Waals surface area contributed by atoms with Crippen molar-refractivity contribution in [2.45, 2.75) is 38.1 Å². The molecule has 21 heavy (non-hydrogen) atoms. The van der Waals surface area contributed by atoms with Crippen molar-refractivity contribution in [3.05, 3.63) is 30.1 Å². The maximum Gasteiger partial charge on any atom is 0.123 e. The van der Waals surface area contributed by atoms with Gasteiger partial charge in [0.25, 0.3) is 0 Å². The van der Waals surface area contributed by atoms with E-state index in [-0.39, 0.29) is 11.4 Å². The molecule has 1 aromatic rings. The third kappa shape index (κ3) is 3.36. The second-order valence-electron chi connectivity index (χ2n) is 5.77. The fourth-order valence-electron chi connectivity index (χ4n) is 3.43. The molecule has 3 nitrogen and oxygen atoms in total. The summed E-state index contributed by atoms with van der Waals surface area (Å²) in [4.78, 5) is 2.25. The van der Waals surface area contributed by atoms with Gasteiger partial charge >= 0.3 is 0 Å². The van der Waals surface area contributed by atoms with Gasteiger partial charge in [-0.1, -0.05) is 6.42 Å². The van der Waals surface area contributed by atoms with Crippen LogP contribution in [0.25, 0.3) is 0 Å². The van der Waals surface area contributed by atoms with Crippen LogP contribution >= 0.6 is 0 Å². The molecule has 1 fully saturated rings. The zero-order valence-corrected chi connectivity index (χ0v) is 12.9. The molecule has 2 unspecified atom stereocenters. The number of rotatable bonds is 6. The zero-order chi connectivity index (χ0) is 15.3. The topological polar surface area (TPSA) is 39.1 Å². The van der Waals surface area contributed by atoms with Crippen LogP contribution in [0.1, 0.15) is 32.6 Å². The van der Waals surface area contributed by atoms with Crippen molar-refractivity contribution in [3.8, 4) is 6.07 Å². The molecular formula is C17H24FN3. The standard InChI is InChI=1S/C17H24FN3/c1-3-21(16-8-6-15(18)7-9-16)12-10-14-5-4-11-17(14,13-19)20-2/h6-9,14,20H,3-5,10-12H2,1-2H3. The normalized spacial score (nSPS) is 24.8. The lowest BCUT2D eigenvalue weighted by molar-refractivity contribution is 0.322. The van der Waals surface area contributed by atoms with E-state index < -0.39 is 0 Å². The average molecular weight is 289 g/mol. The van der Waals surface area contributed by atoms with E-state index >= 15 is 0 Å². The molecule has 0 amide bonds. The number of halogens is 1. The van der Waals surface area contributed by atoms with Gasteiger partial charge in [-0.3, -0.25) is 0 Å². The predicted molar refractivity (Wildman–Crippen MR) is 83.6 cm³/mol. The predicted octanol–water partition coefficient (Wildman–Crippen LogP) is 3.32. The first-order chi connectivity index (χ1) is 10.1. The van der Waals surface area contributed by atoms with Gasteiger partial charge in [-0.25, -0.2) is 4.39 Å². The Morgan fingerprint density at radius 3 is 2.71 bits per heavy atom. The smallest absolute Gasteiger partial charge is 0.123 e. The Hall–Kier alpha value is -1.60. The number of nitrogens with one attached hydrogen (secondary N) is 1. The molecule has 1 saturated carbocycles. The highest BCUT2D eigenvalue weighted by Crippen LogP contribution is 2.37. The lowest BCUT2D eigenvalue weighted by Gasteiger charge is -2.31. The molecule has 1 aliphatic rings. The van der Waals surface area contributed by atoms with Crippen LogP contribution in [0.15, 0.2) is 24.3 Å². The Morgan fingerprint density at radius 1 is 1.43 bits per heavy atom. The summed E-state index contributed by atoms with van der Waals surface area (Å²) >= 11 is 0. The zero-order valence-electron chi connectivity index (χ0n) is 12.9. The molecule has 0 heterocycles. The molecule has 0 bridgehead atoms. The van der Waals surface area contributed by atoms with E-state index in [0.717, 1.165) is 44.5 Å². The molecule has 1 aliphatic carbocycles. The Balaban J connectivity index is 2.00. The minimum atomic E-state index is -0.359. The first kappa shape index (κ1) is 15.8. The van der Waals surface area contributed by atoms with E-state index in [9.17, 15) is 9.65 Å². The highest BCUT2D eigenvalue weighted by Gasteiger charge is 2.41. The lowest BCUT2D eigenvalue weighted by Crippen LogP contribution is -2.45. The van der Waals surface area contributed by atoms with Crippen LogP contribution in [-0.2, 0) is 0 Å². The van der Waals surface area contributed by atoms with Crippen molar-refractivity contribution in [3.63, 3.8) is 0 Å². The van der Waals surface area contributed by atoms with Crippen LogP contribution in [0.5, 0.6) is 0 Å². The van der Waals surface area contributed by atoms with Gasteiger partial charge in [-0.05, 0) is 63.4 Å². The van der Waals surface area contributed by atoms with Gasteiger partial charge < -0.3 is 10.2 Å². The molecule has 1 aromatic carbocycles. The van der Waals surface area contributed by atoms with Crippen molar-refractivity contribution in [2.75, 3.05) is 25.0 Å². The van der Waals surface area contributed by atoms with Crippen molar-refractivity contribution in [1.29, 1.82) is 5.26 Å². The summed E-state index contributed by atoms with van der Waals surface area (Å²) in [5.41, 5.74) is 0.686. The minimum Gasteiger partial charge on any atom is -0.372 e. The van der Waals surface area contributed by atoms with Crippen LogP contribution in [0.4, 0.5) is 10.1 Å². The molecule has 0 aliphatic heterocycles. The van der Waals surface area contributed by atoms with Gasteiger partial charge in [0.05, 0.1) is 6.07 Å². The second-order valence-corrected chi connectivity index (χ2v) is 5.77. The first-order valence-electron chi connectivity index (χ1n) is 7.76. The third-order valence-corrected chi connectivity index (χ3v) is 4.79. The largest absolute Gasteiger partial charge is 0.372 e. The molecule has 0 spiro atoms. The average Bonchev–Trinajstić information content (AvgIpc) is 2.93. The summed E-state index contributed by atoms with van der Waals surface area (Å²) in [7, 11) is 1.89. The quantitative estimate of drug-likeness (QED) is 0.873. The Bertz CT molecular complexity index is 494. The number of anilines is 1. The fraction of sp³-hybridized carbons (Fsp3) is 0.588. The number of hydrogen-bond acceptors (Lipinski definition) is 3. The Labute approximate surface area is 126 Å². The second kappa shape index (κ2) is 6.91. The van der Waals surface area contributed by atoms with Crippen LogP contribution in [0.3, 0.4) is 0 Å². The van der Waals surface area contributed by atoms with E-state index in [1.54, 1.807) is 0 Å². The summed E-state index contributed by atoms with van der Waals surface area (Å²) in [5.74, 6) is 0.186. The third-order valence-electron chi connectivity index (χ3n) is 4.79. The molecule has 4 heteroatoms. The SMILES string of the molecule is CCN(CCC1CCCC1(C#N)NC)c1ccc(F)cc1. The van der Waals surface area contributed by atoms with Crippen LogP contribution in [-0.4, -0.2) is 25.7 Å². The molecule has 0 radical (unpaired) electrons. The molecule has 2 atom stereocenters. The van der Waals surface area contributed by atoms with Crippen LogP contribution in [0.2, 0.25) is 0 Å². The van der Waals surface area contributed by atoms with Crippen LogP contribution in [0, 0.1) is 23.1 Å². The van der Waals surface area contributed by atoms with Gasteiger partial charge in [-0.15, -0.1) is 0 Å². The van der Waals surface area contributed by atoms with Gasteiger partial charge in [0.1, 0.15) is 11.4 Å². The molecule has 0 saturated heterocycles. The van der Waals surface area contributed by atoms with E-state index in [0.29, 0.717) is 5.92 Å². The van der Waals surface area contributed by atoms with Gasteiger partial charge in [0.2, 0.25) is 0 Å². The fourth-order valence-corrected chi connectivity index (χ4v) is 3.43. The molecule has 2 rings (SSSR count). The molecule has 1 N–H and O–H groups in total. The number of nitrogens with zero attached hydrogens (tertiary/aromatic N) is 2. The first-order valence-corrected chi connectivity index (χ1v) is 7.76. The highest BCUT2D eigenvalue weighted by molar-refractivity contribution is 5.46. The van der Waals surface area contributed by atoms with E-state index in [2.05, 4.69) is 23.2 Å². The van der Waals surface area contributed by atoms with Crippen molar-refractivity contribution in [1.82, 2.24) is 5.32 Å². The van der Waals surface area contributed by atoms with Crippen molar-refractivity contribution >= 4 is 5.69 Å². The summed E-state index contributed by atoms with van der Waals surface area (Å²) in [6.07, 6.45) is 4.14. The van der Waals surface area contributed by atoms with E-state index in [1.165, 1.54) is 12.1 Å². The van der Waals surface area contributed by atoms with Gasteiger partial charge in [-0.2, -0.15) is 5.26 Å². The molecule has 0 aromatic heterocycles. The lowest BCUT2D eigenvalue weighted by atomic mass is 9.86. The Morgan fingerprint density at radius 2 is 2.14 bits per heavy atom. The number of nitriles is 1. The summed E-state index contributed by atoms with van der Waals surface area (Å²) < 4.78 is 13.0. The maximum atomic E-state index is 13.0. The van der Waals surface area contributed by atoms with Gasteiger partial charge in [0, 0.05) is 18.8 Å². The number of benzene rings is 1. The number of hydrogen-bond donors (Lipinski definition) is 1. The Kier molecular flexibility index (Phi) is 5.19. The van der Waals surface area contributed by atoms with Crippen molar-refractivity contribution < 1.29 is 4.39 Å². The maximum absolute atomic E-state index is 13.0. The van der Waals surface area contributed by atoms with E-state index in [1.807, 2.05) is 19.2 Å².